The van der Waals surface area contributed by atoms with Crippen molar-refractivity contribution in [3.63, 3.8) is 0 Å². The normalized spacial score (nSPS) is 16.2. The van der Waals surface area contributed by atoms with Crippen molar-refractivity contribution in [2.75, 3.05) is 32.8 Å². The molecule has 35 heavy (non-hydrogen) atoms. The number of aryl methyl sites for hydroxylation is 1. The van der Waals surface area contributed by atoms with Gasteiger partial charge in [0.25, 0.3) is 0 Å². The lowest BCUT2D eigenvalue weighted by atomic mass is 10.00. The van der Waals surface area contributed by atoms with E-state index in [4.69, 9.17) is 4.74 Å². The first-order valence-electron chi connectivity index (χ1n) is 12.5. The molecule has 2 unspecified atom stereocenters. The lowest BCUT2D eigenvalue weighted by Crippen LogP contribution is -2.48. The maximum atomic E-state index is 13.6. The highest BCUT2D eigenvalue weighted by molar-refractivity contribution is 7.10. The van der Waals surface area contributed by atoms with Crippen molar-refractivity contribution < 1.29 is 14.6 Å². The number of thiophene rings is 1. The molecule has 186 valence electrons. The van der Waals surface area contributed by atoms with Crippen LogP contribution in [0.25, 0.3) is 0 Å². The van der Waals surface area contributed by atoms with Crippen LogP contribution in [0.5, 0.6) is 5.75 Å². The lowest BCUT2D eigenvalue weighted by Gasteiger charge is -2.37. The Morgan fingerprint density at radius 2 is 1.94 bits per heavy atom. The second kappa shape index (κ2) is 12.3. The van der Waals surface area contributed by atoms with Crippen LogP contribution in [0.15, 0.2) is 66.0 Å². The number of nitrogens with zero attached hydrogens (tertiary/aromatic N) is 2. The summed E-state index contributed by atoms with van der Waals surface area (Å²) in [7, 11) is 0. The highest BCUT2D eigenvalue weighted by Gasteiger charge is 2.33. The van der Waals surface area contributed by atoms with Crippen LogP contribution in [0.4, 0.5) is 0 Å². The van der Waals surface area contributed by atoms with E-state index in [1.165, 1.54) is 16.0 Å². The van der Waals surface area contributed by atoms with E-state index in [0.717, 1.165) is 30.7 Å². The first kappa shape index (κ1) is 25.4. The quantitative estimate of drug-likeness (QED) is 0.415. The smallest absolute Gasteiger partial charge is 0.237 e. The minimum absolute atomic E-state index is 0.0970. The third-order valence-electron chi connectivity index (χ3n) is 6.53. The van der Waals surface area contributed by atoms with Gasteiger partial charge in [-0.25, -0.2) is 0 Å². The molecule has 0 aliphatic carbocycles. The monoisotopic (exact) mass is 492 g/mol. The van der Waals surface area contributed by atoms with Gasteiger partial charge in [0.05, 0.1) is 18.7 Å². The summed E-state index contributed by atoms with van der Waals surface area (Å²) in [6.45, 7) is 6.86. The van der Waals surface area contributed by atoms with Crippen LogP contribution in [0.3, 0.4) is 0 Å². The molecule has 0 radical (unpaired) electrons. The molecule has 0 spiro atoms. The first-order chi connectivity index (χ1) is 17.0. The number of fused-ring (bicyclic) bond motifs is 1. The van der Waals surface area contributed by atoms with Gasteiger partial charge in [0, 0.05) is 18.0 Å². The first-order valence-corrected chi connectivity index (χ1v) is 13.4. The van der Waals surface area contributed by atoms with Gasteiger partial charge in [0.2, 0.25) is 5.91 Å². The van der Waals surface area contributed by atoms with E-state index in [-0.39, 0.29) is 11.9 Å². The number of carbonyl (C=O) groups excluding carboxylic acids is 1. The highest BCUT2D eigenvalue weighted by Crippen LogP contribution is 2.34. The maximum absolute atomic E-state index is 13.6. The number of rotatable bonds is 11. The third kappa shape index (κ3) is 6.94. The predicted molar refractivity (Wildman–Crippen MR) is 142 cm³/mol. The molecule has 1 N–H and O–H groups in total. The molecular formula is C29H36N2O3S. The van der Waals surface area contributed by atoms with E-state index in [1.54, 1.807) is 11.3 Å². The van der Waals surface area contributed by atoms with Crippen LogP contribution in [0, 0.1) is 6.92 Å². The van der Waals surface area contributed by atoms with E-state index in [2.05, 4.69) is 30.2 Å². The zero-order chi connectivity index (χ0) is 24.6. The molecule has 3 aromatic rings. The Bertz CT molecular complexity index is 1070. The summed E-state index contributed by atoms with van der Waals surface area (Å²) in [6, 6.07) is 20.1. The van der Waals surface area contributed by atoms with Gasteiger partial charge >= 0.3 is 0 Å². The number of hydrogen-bond donors (Lipinski definition) is 1. The van der Waals surface area contributed by atoms with Gasteiger partial charge in [-0.15, -0.1) is 11.3 Å². The van der Waals surface area contributed by atoms with Crippen LogP contribution in [-0.2, 0) is 17.6 Å². The summed E-state index contributed by atoms with van der Waals surface area (Å²) < 4.78 is 6.15. The summed E-state index contributed by atoms with van der Waals surface area (Å²) in [5, 5.41) is 12.8. The molecule has 1 amide bonds. The van der Waals surface area contributed by atoms with Gasteiger partial charge in [0.15, 0.2) is 0 Å². The third-order valence-corrected chi connectivity index (χ3v) is 7.52. The summed E-state index contributed by atoms with van der Waals surface area (Å²) in [5.41, 5.74) is 3.50. The van der Waals surface area contributed by atoms with Gasteiger partial charge in [0.1, 0.15) is 12.4 Å². The number of amides is 1. The van der Waals surface area contributed by atoms with Crippen LogP contribution >= 0.6 is 11.3 Å². The summed E-state index contributed by atoms with van der Waals surface area (Å²) in [5.74, 6) is 0.918. The van der Waals surface area contributed by atoms with Gasteiger partial charge in [-0.2, -0.15) is 0 Å². The van der Waals surface area contributed by atoms with Crippen molar-refractivity contribution in [1.29, 1.82) is 0 Å². The topological polar surface area (TPSA) is 53.0 Å². The van der Waals surface area contributed by atoms with Crippen molar-refractivity contribution in [3.05, 3.63) is 87.6 Å². The number of carbonyl (C=O) groups is 1. The van der Waals surface area contributed by atoms with Crippen LogP contribution in [0.2, 0.25) is 0 Å². The van der Waals surface area contributed by atoms with Crippen LogP contribution < -0.4 is 4.74 Å². The fourth-order valence-electron chi connectivity index (χ4n) is 4.77. The molecule has 2 heterocycles. The van der Waals surface area contributed by atoms with E-state index < -0.39 is 6.10 Å². The van der Waals surface area contributed by atoms with Gasteiger partial charge in [-0.1, -0.05) is 55.0 Å². The van der Waals surface area contributed by atoms with Crippen molar-refractivity contribution in [1.82, 2.24) is 9.80 Å². The number of aliphatic hydroxyl groups is 1. The predicted octanol–water partition coefficient (Wildman–Crippen LogP) is 4.88. The molecule has 1 aromatic heterocycles. The largest absolute Gasteiger partial charge is 0.491 e. The second-order valence-corrected chi connectivity index (χ2v) is 10.4. The molecule has 0 bridgehead atoms. The molecule has 5 nitrogen and oxygen atoms in total. The van der Waals surface area contributed by atoms with E-state index in [0.29, 0.717) is 32.7 Å². The SMILES string of the molecule is CCCN(CC(=O)N1CCc2sccc2C1COc1ccc(C)cc1)CC(O)Cc1ccccc1. The molecule has 2 aromatic carbocycles. The molecule has 0 saturated heterocycles. The van der Waals surface area contributed by atoms with E-state index >= 15 is 0 Å². The van der Waals surface area contributed by atoms with E-state index in [1.807, 2.05) is 59.5 Å². The molecule has 0 fully saturated rings. The van der Waals surface area contributed by atoms with Crippen molar-refractivity contribution in [3.8, 4) is 5.75 Å². The average molecular weight is 493 g/mol. The standard InChI is InChI=1S/C29H36N2O3S/c1-3-15-30(19-24(32)18-23-7-5-4-6-8-23)20-29(33)31-16-13-28-26(14-17-35-28)27(31)21-34-25-11-9-22(2)10-12-25/h4-12,14,17,24,27,32H,3,13,15-16,18-21H2,1-2H3. The van der Waals surface area contributed by atoms with Gasteiger partial charge < -0.3 is 14.7 Å². The highest BCUT2D eigenvalue weighted by atomic mass is 32.1. The Hall–Kier alpha value is -2.67. The van der Waals surface area contributed by atoms with Gasteiger partial charge in [-0.05, 0) is 67.4 Å². The fraction of sp³-hybridized carbons (Fsp3) is 0.414. The number of ether oxygens (including phenoxy) is 1. The zero-order valence-electron chi connectivity index (χ0n) is 20.7. The second-order valence-electron chi connectivity index (χ2n) is 9.35. The molecule has 2 atom stereocenters. The average Bonchev–Trinajstić information content (AvgIpc) is 3.33. The summed E-state index contributed by atoms with van der Waals surface area (Å²) in [6.07, 6.45) is 1.89. The zero-order valence-corrected chi connectivity index (χ0v) is 21.5. The Morgan fingerprint density at radius 1 is 1.17 bits per heavy atom. The molecule has 6 heteroatoms. The Kier molecular flexibility index (Phi) is 8.96. The summed E-state index contributed by atoms with van der Waals surface area (Å²) >= 11 is 1.76. The lowest BCUT2D eigenvalue weighted by molar-refractivity contribution is -0.136. The van der Waals surface area contributed by atoms with Gasteiger partial charge in [-0.3, -0.25) is 9.69 Å². The molecular weight excluding hydrogens is 456 g/mol. The number of hydrogen-bond acceptors (Lipinski definition) is 5. The molecule has 4 rings (SSSR count). The molecule has 1 aliphatic heterocycles. The summed E-state index contributed by atoms with van der Waals surface area (Å²) in [4.78, 5) is 19.0. The molecule has 1 aliphatic rings. The minimum Gasteiger partial charge on any atom is -0.491 e. The Labute approximate surface area is 213 Å². The van der Waals surface area contributed by atoms with Crippen LogP contribution in [0.1, 0.15) is 41.0 Å². The maximum Gasteiger partial charge on any atom is 0.237 e. The van der Waals surface area contributed by atoms with E-state index in [9.17, 15) is 9.90 Å². The number of aliphatic hydroxyl groups excluding tert-OH is 1. The Morgan fingerprint density at radius 3 is 2.69 bits per heavy atom. The van der Waals surface area contributed by atoms with Crippen molar-refractivity contribution in [2.24, 2.45) is 0 Å². The number of benzene rings is 2. The Balaban J connectivity index is 1.42. The fourth-order valence-corrected chi connectivity index (χ4v) is 5.69. The van der Waals surface area contributed by atoms with Crippen molar-refractivity contribution in [2.45, 2.75) is 45.3 Å². The van der Waals surface area contributed by atoms with Crippen molar-refractivity contribution >= 4 is 17.2 Å². The van der Waals surface area contributed by atoms with Crippen LogP contribution in [-0.4, -0.2) is 59.7 Å². The minimum atomic E-state index is -0.512. The molecule has 0 saturated carbocycles.